The Labute approximate surface area is 138 Å². The number of hydrogen-bond donors (Lipinski definition) is 1. The summed E-state index contributed by atoms with van der Waals surface area (Å²) in [4.78, 5) is 12.0. The molecule has 0 aliphatic rings. The van der Waals surface area contributed by atoms with Gasteiger partial charge in [0.25, 0.3) is 5.91 Å². The summed E-state index contributed by atoms with van der Waals surface area (Å²) in [7, 11) is 0. The summed E-state index contributed by atoms with van der Waals surface area (Å²) in [5.41, 5.74) is 0.711. The van der Waals surface area contributed by atoms with Crippen LogP contribution in [0.2, 0.25) is 0 Å². The van der Waals surface area contributed by atoms with Crippen LogP contribution in [-0.4, -0.2) is 12.0 Å². The third kappa shape index (κ3) is 5.01. The SMILES string of the molecule is Cc1ccc(OC(C)C(=O)NCc2cccc(C(F)(F)F)c2)cc1. The Morgan fingerprint density at radius 1 is 1.17 bits per heavy atom. The monoisotopic (exact) mass is 337 g/mol. The van der Waals surface area contributed by atoms with E-state index in [1.54, 1.807) is 19.1 Å². The van der Waals surface area contributed by atoms with Gasteiger partial charge in [-0.05, 0) is 43.7 Å². The number of nitrogens with one attached hydrogen (secondary N) is 1. The summed E-state index contributed by atoms with van der Waals surface area (Å²) in [5.74, 6) is 0.162. The molecule has 2 aromatic rings. The summed E-state index contributed by atoms with van der Waals surface area (Å²) in [6.45, 7) is 3.53. The van der Waals surface area contributed by atoms with E-state index in [0.29, 0.717) is 11.3 Å². The van der Waals surface area contributed by atoms with Crippen molar-refractivity contribution in [1.82, 2.24) is 5.32 Å². The normalized spacial score (nSPS) is 12.5. The second kappa shape index (κ2) is 7.38. The summed E-state index contributed by atoms with van der Waals surface area (Å²) >= 11 is 0. The first-order valence-electron chi connectivity index (χ1n) is 7.43. The minimum Gasteiger partial charge on any atom is -0.481 e. The van der Waals surface area contributed by atoms with Crippen LogP contribution >= 0.6 is 0 Å². The summed E-state index contributed by atoms with van der Waals surface area (Å²) in [6, 6.07) is 12.1. The van der Waals surface area contributed by atoms with E-state index in [1.165, 1.54) is 12.1 Å². The fraction of sp³-hybridized carbons (Fsp3) is 0.278. The topological polar surface area (TPSA) is 38.3 Å². The second-order valence-electron chi connectivity index (χ2n) is 5.49. The number of carbonyl (C=O) groups is 1. The number of benzene rings is 2. The number of rotatable bonds is 5. The number of carbonyl (C=O) groups excluding carboxylic acids is 1. The zero-order chi connectivity index (χ0) is 17.7. The highest BCUT2D eigenvalue weighted by Gasteiger charge is 2.30. The highest BCUT2D eigenvalue weighted by molar-refractivity contribution is 5.80. The molecule has 0 saturated carbocycles. The first-order chi connectivity index (χ1) is 11.3. The van der Waals surface area contributed by atoms with Crippen molar-refractivity contribution in [3.05, 3.63) is 65.2 Å². The van der Waals surface area contributed by atoms with Crippen LogP contribution in [0.15, 0.2) is 48.5 Å². The van der Waals surface area contributed by atoms with Gasteiger partial charge < -0.3 is 10.1 Å². The maximum absolute atomic E-state index is 12.7. The largest absolute Gasteiger partial charge is 0.481 e. The molecule has 1 unspecified atom stereocenters. The molecule has 0 heterocycles. The average Bonchev–Trinajstić information content (AvgIpc) is 2.54. The van der Waals surface area contributed by atoms with Crippen LogP contribution in [0.25, 0.3) is 0 Å². The van der Waals surface area contributed by atoms with E-state index < -0.39 is 23.8 Å². The number of halogens is 3. The minimum absolute atomic E-state index is 0.00432. The van der Waals surface area contributed by atoms with Gasteiger partial charge in [0.15, 0.2) is 6.10 Å². The molecule has 0 aromatic heterocycles. The van der Waals surface area contributed by atoms with E-state index in [0.717, 1.165) is 17.7 Å². The molecule has 0 spiro atoms. The van der Waals surface area contributed by atoms with Gasteiger partial charge in [0.1, 0.15) is 5.75 Å². The van der Waals surface area contributed by atoms with Crippen LogP contribution in [0, 0.1) is 6.92 Å². The molecule has 24 heavy (non-hydrogen) atoms. The van der Waals surface area contributed by atoms with Crippen LogP contribution < -0.4 is 10.1 Å². The lowest BCUT2D eigenvalue weighted by molar-refractivity contribution is -0.137. The van der Waals surface area contributed by atoms with Gasteiger partial charge in [0.2, 0.25) is 0 Å². The lowest BCUT2D eigenvalue weighted by Crippen LogP contribution is -2.35. The molecule has 3 nitrogen and oxygen atoms in total. The molecule has 0 saturated heterocycles. The third-order valence-electron chi connectivity index (χ3n) is 3.42. The first kappa shape index (κ1) is 17.8. The van der Waals surface area contributed by atoms with E-state index in [9.17, 15) is 18.0 Å². The molecule has 1 N–H and O–H groups in total. The van der Waals surface area contributed by atoms with Gasteiger partial charge in [0, 0.05) is 6.54 Å². The van der Waals surface area contributed by atoms with Gasteiger partial charge >= 0.3 is 6.18 Å². The molecule has 1 amide bonds. The van der Waals surface area contributed by atoms with Crippen molar-refractivity contribution in [2.24, 2.45) is 0 Å². The maximum Gasteiger partial charge on any atom is 0.416 e. The van der Waals surface area contributed by atoms with Crippen molar-refractivity contribution in [3.63, 3.8) is 0 Å². The molecule has 2 rings (SSSR count). The fourth-order valence-electron chi connectivity index (χ4n) is 2.07. The quantitative estimate of drug-likeness (QED) is 0.892. The summed E-state index contributed by atoms with van der Waals surface area (Å²) in [6.07, 6.45) is -5.15. The second-order valence-corrected chi connectivity index (χ2v) is 5.49. The number of amides is 1. The van der Waals surface area contributed by atoms with Crippen LogP contribution in [0.5, 0.6) is 5.75 Å². The smallest absolute Gasteiger partial charge is 0.416 e. The zero-order valence-corrected chi connectivity index (χ0v) is 13.4. The standard InChI is InChI=1S/C18H18F3NO2/c1-12-6-8-16(9-7-12)24-13(2)17(23)22-11-14-4-3-5-15(10-14)18(19,20)21/h3-10,13H,11H2,1-2H3,(H,22,23). The third-order valence-corrected chi connectivity index (χ3v) is 3.42. The van der Waals surface area contributed by atoms with Gasteiger partial charge in [0.05, 0.1) is 5.56 Å². The van der Waals surface area contributed by atoms with Crippen molar-refractivity contribution in [2.45, 2.75) is 32.7 Å². The van der Waals surface area contributed by atoms with Gasteiger partial charge in [-0.15, -0.1) is 0 Å². The van der Waals surface area contributed by atoms with Crippen molar-refractivity contribution in [1.29, 1.82) is 0 Å². The number of alkyl halides is 3. The van der Waals surface area contributed by atoms with E-state index in [2.05, 4.69) is 5.32 Å². The Hall–Kier alpha value is -2.50. The van der Waals surface area contributed by atoms with E-state index in [1.807, 2.05) is 19.1 Å². The van der Waals surface area contributed by atoms with Crippen LogP contribution in [0.4, 0.5) is 13.2 Å². The summed E-state index contributed by atoms with van der Waals surface area (Å²) in [5, 5.41) is 2.58. The summed E-state index contributed by atoms with van der Waals surface area (Å²) < 4.78 is 43.5. The van der Waals surface area contributed by atoms with Crippen molar-refractivity contribution < 1.29 is 22.7 Å². The Bertz CT molecular complexity index is 696. The average molecular weight is 337 g/mol. The van der Waals surface area contributed by atoms with E-state index in [4.69, 9.17) is 4.74 Å². The number of hydrogen-bond acceptors (Lipinski definition) is 2. The van der Waals surface area contributed by atoms with Crippen molar-refractivity contribution in [2.75, 3.05) is 0 Å². The Morgan fingerprint density at radius 2 is 1.83 bits per heavy atom. The highest BCUT2D eigenvalue weighted by Crippen LogP contribution is 2.29. The van der Waals surface area contributed by atoms with Gasteiger partial charge in [-0.1, -0.05) is 29.8 Å². The predicted molar refractivity (Wildman–Crippen MR) is 84.6 cm³/mol. The molecule has 0 aliphatic heterocycles. The molecule has 1 atom stereocenters. The molecular formula is C18H18F3NO2. The zero-order valence-electron chi connectivity index (χ0n) is 13.4. The molecule has 0 radical (unpaired) electrons. The number of ether oxygens (including phenoxy) is 1. The predicted octanol–water partition coefficient (Wildman–Crippen LogP) is 4.10. The van der Waals surface area contributed by atoms with Crippen LogP contribution in [-0.2, 0) is 17.5 Å². The number of aryl methyl sites for hydroxylation is 1. The van der Waals surface area contributed by atoms with E-state index >= 15 is 0 Å². The van der Waals surface area contributed by atoms with Crippen LogP contribution in [0.3, 0.4) is 0 Å². The lowest BCUT2D eigenvalue weighted by atomic mass is 10.1. The minimum atomic E-state index is -4.40. The van der Waals surface area contributed by atoms with Gasteiger partial charge in [-0.3, -0.25) is 4.79 Å². The maximum atomic E-state index is 12.7. The Morgan fingerprint density at radius 3 is 2.46 bits per heavy atom. The lowest BCUT2D eigenvalue weighted by Gasteiger charge is -2.15. The highest BCUT2D eigenvalue weighted by atomic mass is 19.4. The van der Waals surface area contributed by atoms with Gasteiger partial charge in [-0.2, -0.15) is 13.2 Å². The molecular weight excluding hydrogens is 319 g/mol. The Kier molecular flexibility index (Phi) is 5.49. The Balaban J connectivity index is 1.91. The molecule has 0 fully saturated rings. The molecule has 6 heteroatoms. The van der Waals surface area contributed by atoms with Crippen molar-refractivity contribution in [3.8, 4) is 5.75 Å². The molecule has 128 valence electrons. The molecule has 0 aliphatic carbocycles. The fourth-order valence-corrected chi connectivity index (χ4v) is 2.07. The first-order valence-corrected chi connectivity index (χ1v) is 7.43. The molecule has 2 aromatic carbocycles. The van der Waals surface area contributed by atoms with Gasteiger partial charge in [-0.25, -0.2) is 0 Å². The molecule has 0 bridgehead atoms. The van der Waals surface area contributed by atoms with Crippen molar-refractivity contribution >= 4 is 5.91 Å². The van der Waals surface area contributed by atoms with Crippen LogP contribution in [0.1, 0.15) is 23.6 Å². The van der Waals surface area contributed by atoms with E-state index in [-0.39, 0.29) is 6.54 Å².